The van der Waals surface area contributed by atoms with Crippen molar-refractivity contribution in [1.82, 2.24) is 9.97 Å². The van der Waals surface area contributed by atoms with Gasteiger partial charge in [0.25, 0.3) is 0 Å². The molecule has 4 nitrogen and oxygen atoms in total. The number of carboxylic acids is 1. The van der Waals surface area contributed by atoms with Gasteiger partial charge in [-0.2, -0.15) is 0 Å². The van der Waals surface area contributed by atoms with Crippen molar-refractivity contribution >= 4 is 5.97 Å². The van der Waals surface area contributed by atoms with Gasteiger partial charge in [0.15, 0.2) is 17.5 Å². The molecule has 0 saturated carbocycles. The molecular weight excluding hydrogens is 242 g/mol. The lowest BCUT2D eigenvalue weighted by molar-refractivity contribution is 0.0695. The summed E-state index contributed by atoms with van der Waals surface area (Å²) in [5.74, 6) is -2.95. The number of halogens is 2. The second-order valence-electron chi connectivity index (χ2n) is 3.63. The first-order valence-corrected chi connectivity index (χ1v) is 5.01. The van der Waals surface area contributed by atoms with E-state index in [9.17, 15) is 13.6 Å². The zero-order valence-electron chi connectivity index (χ0n) is 9.32. The van der Waals surface area contributed by atoms with Crippen molar-refractivity contribution in [2.24, 2.45) is 0 Å². The highest BCUT2D eigenvalue weighted by Crippen LogP contribution is 2.18. The molecule has 0 fully saturated rings. The summed E-state index contributed by atoms with van der Waals surface area (Å²) in [5, 5.41) is 8.82. The maximum Gasteiger partial charge on any atom is 0.339 e. The number of hydrogen-bond acceptors (Lipinski definition) is 3. The maximum absolute atomic E-state index is 13.0. The van der Waals surface area contributed by atoms with Gasteiger partial charge in [-0.25, -0.2) is 23.5 Å². The third-order valence-corrected chi connectivity index (χ3v) is 2.39. The summed E-state index contributed by atoms with van der Waals surface area (Å²) in [4.78, 5) is 18.6. The summed E-state index contributed by atoms with van der Waals surface area (Å²) in [6.07, 6.45) is 1.14. The first kappa shape index (κ1) is 12.1. The van der Waals surface area contributed by atoms with Crippen LogP contribution in [0.3, 0.4) is 0 Å². The minimum absolute atomic E-state index is 0.0265. The molecule has 0 aliphatic carbocycles. The molecule has 1 N–H and O–H groups in total. The first-order chi connectivity index (χ1) is 8.49. The number of hydrogen-bond donors (Lipinski definition) is 1. The van der Waals surface area contributed by atoms with Crippen LogP contribution in [0.1, 0.15) is 16.1 Å². The van der Waals surface area contributed by atoms with Crippen molar-refractivity contribution < 1.29 is 18.7 Å². The third kappa shape index (κ3) is 2.17. The molecule has 0 atom stereocenters. The van der Waals surface area contributed by atoms with Crippen LogP contribution in [-0.4, -0.2) is 21.0 Å². The zero-order valence-corrected chi connectivity index (χ0v) is 9.32. The fourth-order valence-corrected chi connectivity index (χ4v) is 1.45. The second-order valence-corrected chi connectivity index (χ2v) is 3.63. The number of benzene rings is 1. The van der Waals surface area contributed by atoms with Gasteiger partial charge in [0, 0.05) is 11.8 Å². The van der Waals surface area contributed by atoms with E-state index in [1.165, 1.54) is 13.0 Å². The Labute approximate surface area is 101 Å². The van der Waals surface area contributed by atoms with Crippen molar-refractivity contribution in [3.63, 3.8) is 0 Å². The molecule has 2 rings (SSSR count). The van der Waals surface area contributed by atoms with Gasteiger partial charge >= 0.3 is 5.97 Å². The summed E-state index contributed by atoms with van der Waals surface area (Å²) in [6.45, 7) is 1.51. The molecule has 0 aliphatic heterocycles. The number of aromatic nitrogens is 2. The second kappa shape index (κ2) is 4.48. The normalized spacial score (nSPS) is 10.4. The highest BCUT2D eigenvalue weighted by Gasteiger charge is 2.12. The van der Waals surface area contributed by atoms with Crippen molar-refractivity contribution in [3.05, 3.63) is 47.3 Å². The molecular formula is C12H8F2N2O2. The molecule has 92 valence electrons. The summed E-state index contributed by atoms with van der Waals surface area (Å²) in [6, 6.07) is 3.26. The number of aryl methyl sites for hydroxylation is 1. The van der Waals surface area contributed by atoms with Crippen molar-refractivity contribution in [2.75, 3.05) is 0 Å². The van der Waals surface area contributed by atoms with Crippen LogP contribution in [0.4, 0.5) is 8.78 Å². The van der Waals surface area contributed by atoms with E-state index in [1.807, 2.05) is 0 Å². The Morgan fingerprint density at radius 3 is 2.56 bits per heavy atom. The minimum Gasteiger partial charge on any atom is -0.478 e. The highest BCUT2D eigenvalue weighted by molar-refractivity contribution is 5.88. The van der Waals surface area contributed by atoms with Crippen LogP contribution in [-0.2, 0) is 0 Å². The molecule has 0 unspecified atom stereocenters. The molecule has 1 aromatic heterocycles. The van der Waals surface area contributed by atoms with Gasteiger partial charge in [0.2, 0.25) is 0 Å². The van der Waals surface area contributed by atoms with Gasteiger partial charge in [0.05, 0.1) is 11.3 Å². The number of nitrogens with zero attached hydrogens (tertiary/aromatic N) is 2. The Bertz CT molecular complexity index is 629. The molecule has 6 heteroatoms. The highest BCUT2D eigenvalue weighted by atomic mass is 19.2. The Balaban J connectivity index is 2.48. The molecule has 0 amide bonds. The fraction of sp³-hybridized carbons (Fsp3) is 0.0833. The van der Waals surface area contributed by atoms with Crippen molar-refractivity contribution in [3.8, 4) is 11.4 Å². The number of rotatable bonds is 2. The lowest BCUT2D eigenvalue weighted by Gasteiger charge is -2.04. The lowest BCUT2D eigenvalue weighted by Crippen LogP contribution is -2.04. The van der Waals surface area contributed by atoms with E-state index in [4.69, 9.17) is 5.11 Å². The lowest BCUT2D eigenvalue weighted by atomic mass is 10.2. The Morgan fingerprint density at radius 1 is 1.28 bits per heavy atom. The van der Waals surface area contributed by atoms with Crippen molar-refractivity contribution in [2.45, 2.75) is 6.92 Å². The smallest absolute Gasteiger partial charge is 0.339 e. The van der Waals surface area contributed by atoms with Gasteiger partial charge in [0.1, 0.15) is 0 Å². The van der Waals surface area contributed by atoms with Crippen LogP contribution in [0.2, 0.25) is 0 Å². The van der Waals surface area contributed by atoms with Crippen LogP contribution in [0.25, 0.3) is 11.4 Å². The Kier molecular flexibility index (Phi) is 3.01. The topological polar surface area (TPSA) is 63.1 Å². The predicted molar refractivity (Wildman–Crippen MR) is 59.1 cm³/mol. The molecule has 0 saturated heterocycles. The van der Waals surface area contributed by atoms with Crippen LogP contribution in [0.5, 0.6) is 0 Å². The van der Waals surface area contributed by atoms with Gasteiger partial charge < -0.3 is 5.11 Å². The molecule has 1 heterocycles. The fourth-order valence-electron chi connectivity index (χ4n) is 1.45. The van der Waals surface area contributed by atoms with Crippen LogP contribution >= 0.6 is 0 Å². The van der Waals surface area contributed by atoms with E-state index in [0.29, 0.717) is 0 Å². The SMILES string of the molecule is Cc1nc(-c2ccc(F)c(F)c2)ncc1C(=O)O. The Hall–Kier alpha value is -2.37. The summed E-state index contributed by atoms with van der Waals surface area (Å²) in [5.41, 5.74) is 0.521. The average molecular weight is 250 g/mol. The van der Waals surface area contributed by atoms with Gasteiger partial charge in [-0.3, -0.25) is 0 Å². The minimum atomic E-state index is -1.13. The van der Waals surface area contributed by atoms with Gasteiger partial charge in [-0.1, -0.05) is 0 Å². The maximum atomic E-state index is 13.0. The molecule has 1 aromatic carbocycles. The van der Waals surface area contributed by atoms with Crippen LogP contribution in [0, 0.1) is 18.6 Å². The largest absolute Gasteiger partial charge is 0.478 e. The van der Waals surface area contributed by atoms with E-state index < -0.39 is 17.6 Å². The summed E-state index contributed by atoms with van der Waals surface area (Å²) in [7, 11) is 0. The molecule has 0 aliphatic rings. The van der Waals surface area contributed by atoms with E-state index in [-0.39, 0.29) is 22.6 Å². The van der Waals surface area contributed by atoms with E-state index in [2.05, 4.69) is 9.97 Å². The Morgan fingerprint density at radius 2 is 2.00 bits per heavy atom. The van der Waals surface area contributed by atoms with E-state index >= 15 is 0 Å². The van der Waals surface area contributed by atoms with Gasteiger partial charge in [-0.05, 0) is 25.1 Å². The van der Waals surface area contributed by atoms with Crippen LogP contribution in [0.15, 0.2) is 24.4 Å². The third-order valence-electron chi connectivity index (χ3n) is 2.39. The molecule has 0 bridgehead atoms. The monoisotopic (exact) mass is 250 g/mol. The predicted octanol–water partition coefficient (Wildman–Crippen LogP) is 2.43. The van der Waals surface area contributed by atoms with E-state index in [1.54, 1.807) is 0 Å². The number of carboxylic acid groups (broad SMARTS) is 1. The van der Waals surface area contributed by atoms with Crippen LogP contribution < -0.4 is 0 Å². The van der Waals surface area contributed by atoms with E-state index in [0.717, 1.165) is 18.3 Å². The number of carbonyl (C=O) groups is 1. The molecule has 18 heavy (non-hydrogen) atoms. The summed E-state index contributed by atoms with van der Waals surface area (Å²) >= 11 is 0. The summed E-state index contributed by atoms with van der Waals surface area (Å²) < 4.78 is 25.8. The van der Waals surface area contributed by atoms with Gasteiger partial charge in [-0.15, -0.1) is 0 Å². The molecule has 2 aromatic rings. The molecule has 0 radical (unpaired) electrons. The standard InChI is InChI=1S/C12H8F2N2O2/c1-6-8(12(17)18)5-15-11(16-6)7-2-3-9(13)10(14)4-7/h2-5H,1H3,(H,17,18). The van der Waals surface area contributed by atoms with Crippen molar-refractivity contribution in [1.29, 1.82) is 0 Å². The first-order valence-electron chi connectivity index (χ1n) is 5.01. The average Bonchev–Trinajstić information content (AvgIpc) is 2.32. The quantitative estimate of drug-likeness (QED) is 0.889. The molecule has 0 spiro atoms. The number of aromatic carboxylic acids is 1. The zero-order chi connectivity index (χ0) is 13.3.